The molecule has 19 heavy (non-hydrogen) atoms. The quantitative estimate of drug-likeness (QED) is 0.843. The lowest BCUT2D eigenvalue weighted by Crippen LogP contribution is -2.48. The van der Waals surface area contributed by atoms with Crippen LogP contribution in [0.15, 0.2) is 18.2 Å². The standard InChI is InChI=1S/C14H19N3O2/c1-4-14(5-2)12(18)16-13(19)17(14)9-11-8-6-7-10(3)15-11/h6-8H,4-5,9H2,1-3H3,(H,16,18,19). The highest BCUT2D eigenvalue weighted by Gasteiger charge is 2.50. The molecule has 0 aromatic carbocycles. The highest BCUT2D eigenvalue weighted by molar-refractivity contribution is 6.06. The molecule has 0 saturated carbocycles. The Labute approximate surface area is 113 Å². The molecule has 5 heteroatoms. The number of aryl methyl sites for hydroxylation is 1. The van der Waals surface area contributed by atoms with E-state index in [1.165, 1.54) is 0 Å². The SMILES string of the molecule is CCC1(CC)C(=O)NC(=O)N1Cc1cccc(C)n1. The fourth-order valence-corrected chi connectivity index (χ4v) is 2.62. The summed E-state index contributed by atoms with van der Waals surface area (Å²) in [5, 5.41) is 2.41. The Morgan fingerprint density at radius 1 is 1.26 bits per heavy atom. The smallest absolute Gasteiger partial charge is 0.304 e. The summed E-state index contributed by atoms with van der Waals surface area (Å²) in [4.78, 5) is 30.0. The van der Waals surface area contributed by atoms with Gasteiger partial charge in [-0.05, 0) is 31.9 Å². The highest BCUT2D eigenvalue weighted by Crippen LogP contribution is 2.30. The van der Waals surface area contributed by atoms with Crippen LogP contribution in [0.2, 0.25) is 0 Å². The molecular formula is C14H19N3O2. The van der Waals surface area contributed by atoms with Crippen molar-refractivity contribution in [3.8, 4) is 0 Å². The van der Waals surface area contributed by atoms with E-state index in [1.807, 2.05) is 39.0 Å². The predicted octanol–water partition coefficient (Wildman–Crippen LogP) is 2.00. The monoisotopic (exact) mass is 261 g/mol. The van der Waals surface area contributed by atoms with E-state index in [0.29, 0.717) is 19.4 Å². The van der Waals surface area contributed by atoms with Crippen LogP contribution in [0.3, 0.4) is 0 Å². The third-order valence-electron chi connectivity index (χ3n) is 3.84. The van der Waals surface area contributed by atoms with Gasteiger partial charge in [0.15, 0.2) is 0 Å². The maximum atomic E-state index is 12.0. The van der Waals surface area contributed by atoms with Gasteiger partial charge in [-0.3, -0.25) is 15.1 Å². The summed E-state index contributed by atoms with van der Waals surface area (Å²) in [6.45, 7) is 6.13. The number of hydrogen-bond donors (Lipinski definition) is 1. The summed E-state index contributed by atoms with van der Waals surface area (Å²) in [5.41, 5.74) is 0.973. The van der Waals surface area contributed by atoms with Gasteiger partial charge in [-0.25, -0.2) is 4.79 Å². The minimum atomic E-state index is -0.734. The second kappa shape index (κ2) is 4.99. The van der Waals surface area contributed by atoms with Crippen molar-refractivity contribution in [2.75, 3.05) is 0 Å². The Hall–Kier alpha value is -1.91. The van der Waals surface area contributed by atoms with Gasteiger partial charge >= 0.3 is 6.03 Å². The number of carbonyl (C=O) groups excluding carboxylic acids is 2. The number of imide groups is 1. The number of nitrogens with zero attached hydrogens (tertiary/aromatic N) is 2. The molecular weight excluding hydrogens is 242 g/mol. The third kappa shape index (κ3) is 2.20. The number of nitrogens with one attached hydrogen (secondary N) is 1. The molecule has 1 aliphatic rings. The van der Waals surface area contributed by atoms with E-state index >= 15 is 0 Å². The van der Waals surface area contributed by atoms with Gasteiger partial charge in [0.25, 0.3) is 5.91 Å². The zero-order valence-corrected chi connectivity index (χ0v) is 11.6. The van der Waals surface area contributed by atoms with E-state index in [-0.39, 0.29) is 11.9 Å². The van der Waals surface area contributed by atoms with Crippen LogP contribution < -0.4 is 5.32 Å². The Morgan fingerprint density at radius 2 is 1.95 bits per heavy atom. The summed E-state index contributed by atoms with van der Waals surface area (Å²) >= 11 is 0. The largest absolute Gasteiger partial charge is 0.325 e. The van der Waals surface area contributed by atoms with Crippen LogP contribution in [0.1, 0.15) is 38.1 Å². The molecule has 0 aliphatic carbocycles. The molecule has 2 heterocycles. The van der Waals surface area contributed by atoms with Gasteiger partial charge in [-0.1, -0.05) is 19.9 Å². The van der Waals surface area contributed by atoms with Crippen LogP contribution >= 0.6 is 0 Å². The average molecular weight is 261 g/mol. The molecule has 0 unspecified atom stereocenters. The van der Waals surface area contributed by atoms with Gasteiger partial charge in [0.05, 0.1) is 12.2 Å². The van der Waals surface area contributed by atoms with Crippen molar-refractivity contribution in [1.29, 1.82) is 0 Å². The zero-order valence-electron chi connectivity index (χ0n) is 11.6. The molecule has 0 bridgehead atoms. The Balaban J connectivity index is 2.31. The molecule has 5 nitrogen and oxygen atoms in total. The van der Waals surface area contributed by atoms with Gasteiger partial charge in [-0.2, -0.15) is 0 Å². The predicted molar refractivity (Wildman–Crippen MR) is 71.4 cm³/mol. The Bertz CT molecular complexity index is 509. The van der Waals surface area contributed by atoms with E-state index in [2.05, 4.69) is 10.3 Å². The second-order valence-corrected chi connectivity index (χ2v) is 4.85. The van der Waals surface area contributed by atoms with E-state index in [4.69, 9.17) is 0 Å². The van der Waals surface area contributed by atoms with Crippen molar-refractivity contribution in [2.24, 2.45) is 0 Å². The molecule has 1 saturated heterocycles. The van der Waals surface area contributed by atoms with E-state index < -0.39 is 5.54 Å². The maximum absolute atomic E-state index is 12.0. The van der Waals surface area contributed by atoms with Crippen LogP contribution in [0.5, 0.6) is 0 Å². The summed E-state index contributed by atoms with van der Waals surface area (Å²) in [7, 11) is 0. The van der Waals surface area contributed by atoms with Gasteiger partial charge in [0, 0.05) is 5.69 Å². The number of pyridine rings is 1. The molecule has 0 radical (unpaired) electrons. The van der Waals surface area contributed by atoms with Crippen LogP contribution in [0, 0.1) is 6.92 Å². The molecule has 3 amide bonds. The summed E-state index contributed by atoms with van der Waals surface area (Å²) < 4.78 is 0. The number of urea groups is 1. The molecule has 1 aliphatic heterocycles. The average Bonchev–Trinajstić information content (AvgIpc) is 2.61. The van der Waals surface area contributed by atoms with Crippen LogP contribution in [-0.2, 0) is 11.3 Å². The molecule has 1 N–H and O–H groups in total. The Morgan fingerprint density at radius 3 is 2.53 bits per heavy atom. The first-order chi connectivity index (χ1) is 9.03. The van der Waals surface area contributed by atoms with Gasteiger partial charge in [0.1, 0.15) is 5.54 Å². The van der Waals surface area contributed by atoms with E-state index in [1.54, 1.807) is 4.90 Å². The first-order valence-electron chi connectivity index (χ1n) is 6.59. The van der Waals surface area contributed by atoms with Crippen LogP contribution in [0.4, 0.5) is 4.79 Å². The molecule has 1 aromatic rings. The highest BCUT2D eigenvalue weighted by atomic mass is 16.2. The lowest BCUT2D eigenvalue weighted by molar-refractivity contribution is -0.127. The third-order valence-corrected chi connectivity index (χ3v) is 3.84. The lowest BCUT2D eigenvalue weighted by atomic mass is 9.91. The molecule has 2 rings (SSSR count). The van der Waals surface area contributed by atoms with Gasteiger partial charge < -0.3 is 4.90 Å². The second-order valence-electron chi connectivity index (χ2n) is 4.85. The number of rotatable bonds is 4. The molecule has 1 fully saturated rings. The fourth-order valence-electron chi connectivity index (χ4n) is 2.62. The minimum Gasteiger partial charge on any atom is -0.304 e. The van der Waals surface area contributed by atoms with Crippen LogP contribution in [0.25, 0.3) is 0 Å². The minimum absolute atomic E-state index is 0.199. The summed E-state index contributed by atoms with van der Waals surface area (Å²) in [6, 6.07) is 5.37. The number of aromatic nitrogens is 1. The van der Waals surface area contributed by atoms with Crippen molar-refractivity contribution in [2.45, 2.75) is 45.7 Å². The van der Waals surface area contributed by atoms with E-state index in [0.717, 1.165) is 11.4 Å². The van der Waals surface area contributed by atoms with Crippen molar-refractivity contribution in [1.82, 2.24) is 15.2 Å². The normalized spacial score (nSPS) is 17.7. The number of carbonyl (C=O) groups is 2. The maximum Gasteiger partial charge on any atom is 0.325 e. The van der Waals surface area contributed by atoms with E-state index in [9.17, 15) is 9.59 Å². The summed E-state index contributed by atoms with van der Waals surface area (Å²) in [5.74, 6) is -0.199. The molecule has 0 atom stereocenters. The topological polar surface area (TPSA) is 62.3 Å². The lowest BCUT2D eigenvalue weighted by Gasteiger charge is -2.33. The fraction of sp³-hybridized carbons (Fsp3) is 0.500. The van der Waals surface area contributed by atoms with Crippen molar-refractivity contribution < 1.29 is 9.59 Å². The van der Waals surface area contributed by atoms with Crippen molar-refractivity contribution in [3.63, 3.8) is 0 Å². The Kier molecular flexibility index (Phi) is 3.55. The molecule has 102 valence electrons. The first-order valence-corrected chi connectivity index (χ1v) is 6.59. The molecule has 0 spiro atoms. The van der Waals surface area contributed by atoms with Crippen LogP contribution in [-0.4, -0.2) is 27.4 Å². The number of amides is 3. The van der Waals surface area contributed by atoms with Crippen molar-refractivity contribution in [3.05, 3.63) is 29.6 Å². The molecule has 1 aromatic heterocycles. The first kappa shape index (κ1) is 13.5. The van der Waals surface area contributed by atoms with Crippen molar-refractivity contribution >= 4 is 11.9 Å². The summed E-state index contributed by atoms with van der Waals surface area (Å²) in [6.07, 6.45) is 1.21. The zero-order chi connectivity index (χ0) is 14.0. The van der Waals surface area contributed by atoms with Gasteiger partial charge in [-0.15, -0.1) is 0 Å². The van der Waals surface area contributed by atoms with Gasteiger partial charge in [0.2, 0.25) is 0 Å². The number of hydrogen-bond acceptors (Lipinski definition) is 3.